The molecule has 110 valence electrons. The van der Waals surface area contributed by atoms with E-state index in [-0.39, 0.29) is 12.0 Å². The van der Waals surface area contributed by atoms with Crippen molar-refractivity contribution in [1.82, 2.24) is 19.7 Å². The molecular formula is C14H17N5O2. The quantitative estimate of drug-likeness (QED) is 0.922. The van der Waals surface area contributed by atoms with Crippen molar-refractivity contribution in [2.24, 2.45) is 0 Å². The number of amides is 1. The molecule has 0 aromatic carbocycles. The molecule has 21 heavy (non-hydrogen) atoms. The molecule has 2 aromatic heterocycles. The molecular weight excluding hydrogens is 270 g/mol. The van der Waals surface area contributed by atoms with Crippen LogP contribution in [0.15, 0.2) is 18.5 Å². The summed E-state index contributed by atoms with van der Waals surface area (Å²) in [7, 11) is 0. The Morgan fingerprint density at radius 2 is 2.14 bits per heavy atom. The third-order valence-corrected chi connectivity index (χ3v) is 3.33. The molecule has 1 atom stereocenters. The molecule has 1 saturated heterocycles. The Bertz CT molecular complexity index is 644. The average molecular weight is 287 g/mol. The van der Waals surface area contributed by atoms with E-state index in [0.717, 1.165) is 24.2 Å². The number of hydrogen-bond donors (Lipinski definition) is 1. The normalized spacial score (nSPS) is 17.9. The van der Waals surface area contributed by atoms with Crippen LogP contribution in [0.2, 0.25) is 0 Å². The molecule has 1 amide bonds. The summed E-state index contributed by atoms with van der Waals surface area (Å²) in [4.78, 5) is 20.4. The fourth-order valence-corrected chi connectivity index (χ4v) is 2.33. The third-order valence-electron chi connectivity index (χ3n) is 3.33. The van der Waals surface area contributed by atoms with Gasteiger partial charge < -0.3 is 10.1 Å². The Morgan fingerprint density at radius 1 is 1.38 bits per heavy atom. The predicted octanol–water partition coefficient (Wildman–Crippen LogP) is 1.40. The summed E-state index contributed by atoms with van der Waals surface area (Å²) < 4.78 is 7.00. The lowest BCUT2D eigenvalue weighted by Crippen LogP contribution is -2.27. The molecule has 2 aromatic rings. The average Bonchev–Trinajstić information content (AvgIpc) is 3.09. The number of nitrogens with zero attached hydrogens (tertiary/aromatic N) is 4. The van der Waals surface area contributed by atoms with Crippen LogP contribution in [0.3, 0.4) is 0 Å². The van der Waals surface area contributed by atoms with E-state index < -0.39 is 0 Å². The van der Waals surface area contributed by atoms with E-state index in [1.54, 1.807) is 17.1 Å². The molecule has 1 N–H and O–H groups in total. The summed E-state index contributed by atoms with van der Waals surface area (Å²) in [5.41, 5.74) is 2.43. The molecule has 0 saturated carbocycles. The van der Waals surface area contributed by atoms with Crippen molar-refractivity contribution in [3.8, 4) is 5.95 Å². The maximum atomic E-state index is 11.9. The first-order valence-corrected chi connectivity index (χ1v) is 6.91. The van der Waals surface area contributed by atoms with Gasteiger partial charge in [-0.3, -0.25) is 4.79 Å². The van der Waals surface area contributed by atoms with Crippen molar-refractivity contribution >= 4 is 11.6 Å². The monoisotopic (exact) mass is 287 g/mol. The molecule has 0 spiro atoms. The lowest BCUT2D eigenvalue weighted by Gasteiger charge is -2.10. The molecule has 7 heteroatoms. The molecule has 0 bridgehead atoms. The number of hydrogen-bond acceptors (Lipinski definition) is 5. The van der Waals surface area contributed by atoms with Gasteiger partial charge in [-0.2, -0.15) is 5.10 Å². The van der Waals surface area contributed by atoms with Crippen LogP contribution in [0.25, 0.3) is 5.95 Å². The number of rotatable bonds is 3. The van der Waals surface area contributed by atoms with Gasteiger partial charge in [-0.1, -0.05) is 0 Å². The van der Waals surface area contributed by atoms with Gasteiger partial charge in [0.15, 0.2) is 0 Å². The van der Waals surface area contributed by atoms with Crippen LogP contribution in [0, 0.1) is 13.8 Å². The fourth-order valence-electron chi connectivity index (χ4n) is 2.33. The van der Waals surface area contributed by atoms with Crippen LogP contribution in [0.5, 0.6) is 0 Å². The minimum absolute atomic E-state index is 0.144. The second kappa shape index (κ2) is 5.61. The Hall–Kier alpha value is -2.28. The second-order valence-corrected chi connectivity index (χ2v) is 5.10. The van der Waals surface area contributed by atoms with Crippen molar-refractivity contribution in [2.75, 3.05) is 11.9 Å². The van der Waals surface area contributed by atoms with E-state index in [2.05, 4.69) is 20.4 Å². The molecule has 7 nitrogen and oxygen atoms in total. The molecule has 3 rings (SSSR count). The highest BCUT2D eigenvalue weighted by atomic mass is 16.5. The van der Waals surface area contributed by atoms with Crippen LogP contribution >= 0.6 is 0 Å². The summed E-state index contributed by atoms with van der Waals surface area (Å²) in [5.74, 6) is 0.339. The zero-order valence-corrected chi connectivity index (χ0v) is 12.0. The van der Waals surface area contributed by atoms with Gasteiger partial charge in [-0.25, -0.2) is 14.6 Å². The van der Waals surface area contributed by atoms with E-state index >= 15 is 0 Å². The van der Waals surface area contributed by atoms with Crippen molar-refractivity contribution in [3.63, 3.8) is 0 Å². The zero-order valence-electron chi connectivity index (χ0n) is 12.0. The highest BCUT2D eigenvalue weighted by molar-refractivity contribution is 5.94. The fraction of sp³-hybridized carbons (Fsp3) is 0.429. The number of ether oxygens (including phenoxy) is 1. The molecule has 0 aliphatic carbocycles. The summed E-state index contributed by atoms with van der Waals surface area (Å²) in [5, 5.41) is 7.08. The van der Waals surface area contributed by atoms with Crippen molar-refractivity contribution in [1.29, 1.82) is 0 Å². The van der Waals surface area contributed by atoms with Gasteiger partial charge in [0.05, 0.1) is 23.8 Å². The number of carbonyl (C=O) groups is 1. The topological polar surface area (TPSA) is 81.9 Å². The van der Waals surface area contributed by atoms with Crippen LogP contribution in [-0.2, 0) is 9.53 Å². The van der Waals surface area contributed by atoms with E-state index in [4.69, 9.17) is 4.74 Å². The minimum Gasteiger partial charge on any atom is -0.368 e. The molecule has 1 aliphatic rings. The number of anilines is 1. The summed E-state index contributed by atoms with van der Waals surface area (Å²) in [6, 6.07) is 1.95. The number of aromatic nitrogens is 4. The van der Waals surface area contributed by atoms with Gasteiger partial charge in [-0.05, 0) is 32.8 Å². The first-order chi connectivity index (χ1) is 10.1. The second-order valence-electron chi connectivity index (χ2n) is 5.10. The number of aryl methyl sites for hydroxylation is 2. The molecule has 1 fully saturated rings. The standard InChI is InChI=1S/C14H17N5O2/c1-9-6-10(2)19(18-9)14-15-7-11(8-16-14)17-13(20)12-4-3-5-21-12/h6-8,12H,3-5H2,1-2H3,(H,17,20)/t12-/m0/s1. The largest absolute Gasteiger partial charge is 0.368 e. The number of nitrogens with one attached hydrogen (secondary N) is 1. The molecule has 0 radical (unpaired) electrons. The van der Waals surface area contributed by atoms with Gasteiger partial charge in [-0.15, -0.1) is 0 Å². The van der Waals surface area contributed by atoms with Gasteiger partial charge in [0.2, 0.25) is 0 Å². The molecule has 1 aliphatic heterocycles. The van der Waals surface area contributed by atoms with Crippen LogP contribution in [0.4, 0.5) is 5.69 Å². The highest BCUT2D eigenvalue weighted by Gasteiger charge is 2.23. The van der Waals surface area contributed by atoms with Crippen LogP contribution in [0.1, 0.15) is 24.2 Å². The maximum absolute atomic E-state index is 11.9. The van der Waals surface area contributed by atoms with E-state index in [1.165, 1.54) is 0 Å². The van der Waals surface area contributed by atoms with Gasteiger partial charge in [0.25, 0.3) is 11.9 Å². The lowest BCUT2D eigenvalue weighted by atomic mass is 10.2. The minimum atomic E-state index is -0.360. The molecule has 0 unspecified atom stereocenters. The van der Waals surface area contributed by atoms with E-state index in [9.17, 15) is 4.79 Å². The molecule has 3 heterocycles. The predicted molar refractivity (Wildman–Crippen MR) is 76.2 cm³/mol. The Labute approximate surface area is 122 Å². The van der Waals surface area contributed by atoms with E-state index in [0.29, 0.717) is 18.2 Å². The third kappa shape index (κ3) is 2.92. The Kier molecular flexibility index (Phi) is 3.66. The lowest BCUT2D eigenvalue weighted by molar-refractivity contribution is -0.124. The van der Waals surface area contributed by atoms with Crippen molar-refractivity contribution < 1.29 is 9.53 Å². The maximum Gasteiger partial charge on any atom is 0.253 e. The number of carbonyl (C=O) groups excluding carboxylic acids is 1. The summed E-state index contributed by atoms with van der Waals surface area (Å²) >= 11 is 0. The van der Waals surface area contributed by atoms with Gasteiger partial charge in [0.1, 0.15) is 6.10 Å². The summed E-state index contributed by atoms with van der Waals surface area (Å²) in [6.07, 6.45) is 4.47. The Balaban J connectivity index is 1.72. The van der Waals surface area contributed by atoms with Gasteiger partial charge >= 0.3 is 0 Å². The SMILES string of the molecule is Cc1cc(C)n(-c2ncc(NC(=O)[C@@H]3CCCO3)cn2)n1. The zero-order chi connectivity index (χ0) is 14.8. The summed E-state index contributed by atoms with van der Waals surface area (Å²) in [6.45, 7) is 4.50. The van der Waals surface area contributed by atoms with E-state index in [1.807, 2.05) is 19.9 Å². The first-order valence-electron chi connectivity index (χ1n) is 6.91. The van der Waals surface area contributed by atoms with Crippen LogP contribution in [-0.4, -0.2) is 38.4 Å². The Morgan fingerprint density at radius 3 is 2.71 bits per heavy atom. The van der Waals surface area contributed by atoms with Crippen molar-refractivity contribution in [3.05, 3.63) is 29.8 Å². The first kappa shape index (κ1) is 13.7. The van der Waals surface area contributed by atoms with Gasteiger partial charge in [0, 0.05) is 12.3 Å². The smallest absolute Gasteiger partial charge is 0.253 e. The highest BCUT2D eigenvalue weighted by Crippen LogP contribution is 2.15. The van der Waals surface area contributed by atoms with Crippen LogP contribution < -0.4 is 5.32 Å². The van der Waals surface area contributed by atoms with Crippen molar-refractivity contribution in [2.45, 2.75) is 32.8 Å².